The van der Waals surface area contributed by atoms with E-state index in [1.54, 1.807) is 7.11 Å². The highest BCUT2D eigenvalue weighted by Crippen LogP contribution is 2.25. The maximum absolute atomic E-state index is 5.43. The summed E-state index contributed by atoms with van der Waals surface area (Å²) in [6, 6.07) is 8.51. The van der Waals surface area contributed by atoms with Crippen molar-refractivity contribution in [3.63, 3.8) is 0 Å². The highest BCUT2D eigenvalue weighted by atomic mass is 16.5. The molecule has 102 valence electrons. The minimum absolute atomic E-state index is 0.296. The highest BCUT2D eigenvalue weighted by molar-refractivity contribution is 5.36. The lowest BCUT2D eigenvalue weighted by Gasteiger charge is -2.26. The Bertz CT molecular complexity index is 352. The molecule has 1 N–H and O–H groups in total. The highest BCUT2D eigenvalue weighted by Gasteiger charge is 2.16. The minimum Gasteiger partial charge on any atom is -0.496 e. The van der Waals surface area contributed by atoms with Crippen molar-refractivity contribution >= 4 is 0 Å². The number of hydrogen-bond acceptors (Lipinski definition) is 3. The van der Waals surface area contributed by atoms with Gasteiger partial charge < -0.3 is 15.0 Å². The number of nitrogens with zero attached hydrogens (tertiary/aromatic N) is 1. The first-order valence-corrected chi connectivity index (χ1v) is 6.57. The molecule has 0 aliphatic heterocycles. The fraction of sp³-hybridized carbons (Fsp3) is 0.600. The van der Waals surface area contributed by atoms with E-state index in [0.717, 1.165) is 18.8 Å². The van der Waals surface area contributed by atoms with Crippen molar-refractivity contribution in [2.75, 3.05) is 34.3 Å². The first-order valence-electron chi connectivity index (χ1n) is 6.57. The zero-order valence-electron chi connectivity index (χ0n) is 12.2. The smallest absolute Gasteiger partial charge is 0.123 e. The molecule has 1 atom stereocenters. The van der Waals surface area contributed by atoms with Crippen LogP contribution in [0.3, 0.4) is 0 Å². The number of hydrogen-bond donors (Lipinski definition) is 1. The molecule has 3 heteroatoms. The third-order valence-corrected chi connectivity index (χ3v) is 3.03. The van der Waals surface area contributed by atoms with Crippen LogP contribution in [0.1, 0.15) is 25.5 Å². The van der Waals surface area contributed by atoms with E-state index in [1.165, 1.54) is 5.56 Å². The van der Waals surface area contributed by atoms with Crippen molar-refractivity contribution in [3.05, 3.63) is 29.8 Å². The summed E-state index contributed by atoms with van der Waals surface area (Å²) >= 11 is 0. The van der Waals surface area contributed by atoms with Gasteiger partial charge in [0, 0.05) is 24.7 Å². The van der Waals surface area contributed by atoms with E-state index in [1.807, 2.05) is 19.2 Å². The molecule has 0 spiro atoms. The van der Waals surface area contributed by atoms with Crippen LogP contribution >= 0.6 is 0 Å². The van der Waals surface area contributed by atoms with Crippen LogP contribution in [0.5, 0.6) is 5.75 Å². The number of likely N-dealkylation sites (N-methyl/N-ethyl adjacent to an activating group) is 2. The van der Waals surface area contributed by atoms with E-state index < -0.39 is 0 Å². The quantitative estimate of drug-likeness (QED) is 0.805. The van der Waals surface area contributed by atoms with Crippen molar-refractivity contribution in [1.29, 1.82) is 0 Å². The Balaban J connectivity index is 2.76. The number of rotatable bonds is 7. The Morgan fingerprint density at radius 3 is 2.44 bits per heavy atom. The molecule has 1 aromatic rings. The second-order valence-electron chi connectivity index (χ2n) is 5.20. The summed E-state index contributed by atoms with van der Waals surface area (Å²) in [5.41, 5.74) is 1.22. The van der Waals surface area contributed by atoms with Crippen LogP contribution in [0, 0.1) is 5.92 Å². The van der Waals surface area contributed by atoms with Crippen LogP contribution in [0.25, 0.3) is 0 Å². The van der Waals surface area contributed by atoms with Gasteiger partial charge >= 0.3 is 0 Å². The molecular weight excluding hydrogens is 224 g/mol. The molecule has 0 amide bonds. The molecular formula is C15H26N2O. The zero-order valence-corrected chi connectivity index (χ0v) is 12.2. The molecule has 0 saturated carbocycles. The summed E-state index contributed by atoms with van der Waals surface area (Å²) < 4.78 is 5.43. The summed E-state index contributed by atoms with van der Waals surface area (Å²) in [5.74, 6) is 1.64. The predicted octanol–water partition coefficient (Wildman–Crippen LogP) is 2.54. The van der Waals surface area contributed by atoms with Gasteiger partial charge in [0.15, 0.2) is 0 Å². The average Bonchev–Trinajstić information content (AvgIpc) is 2.35. The predicted molar refractivity (Wildman–Crippen MR) is 77.1 cm³/mol. The molecule has 0 saturated heterocycles. The van der Waals surface area contributed by atoms with Gasteiger partial charge in [-0.15, -0.1) is 0 Å². The van der Waals surface area contributed by atoms with Gasteiger partial charge in [-0.05, 0) is 26.1 Å². The number of methoxy groups -OCH3 is 1. The van der Waals surface area contributed by atoms with Crippen LogP contribution < -0.4 is 10.1 Å². The van der Waals surface area contributed by atoms with Crippen molar-refractivity contribution in [1.82, 2.24) is 10.2 Å². The molecule has 0 fully saturated rings. The molecule has 18 heavy (non-hydrogen) atoms. The maximum atomic E-state index is 5.43. The van der Waals surface area contributed by atoms with Crippen molar-refractivity contribution in [2.24, 2.45) is 5.92 Å². The zero-order chi connectivity index (χ0) is 13.5. The molecule has 0 radical (unpaired) electrons. The van der Waals surface area contributed by atoms with Gasteiger partial charge in [-0.3, -0.25) is 0 Å². The summed E-state index contributed by atoms with van der Waals surface area (Å²) in [7, 11) is 5.89. The van der Waals surface area contributed by atoms with Crippen LogP contribution in [0.15, 0.2) is 24.3 Å². The summed E-state index contributed by atoms with van der Waals surface area (Å²) in [5, 5.41) is 3.38. The van der Waals surface area contributed by atoms with E-state index in [4.69, 9.17) is 4.74 Å². The summed E-state index contributed by atoms with van der Waals surface area (Å²) in [6.07, 6.45) is 0. The Morgan fingerprint density at radius 1 is 1.22 bits per heavy atom. The lowest BCUT2D eigenvalue weighted by molar-refractivity contribution is 0.264. The van der Waals surface area contributed by atoms with Gasteiger partial charge in [0.25, 0.3) is 0 Å². The van der Waals surface area contributed by atoms with E-state index in [0.29, 0.717) is 12.0 Å². The van der Waals surface area contributed by atoms with Gasteiger partial charge in [-0.1, -0.05) is 32.0 Å². The Labute approximate surface area is 111 Å². The second kappa shape index (κ2) is 7.39. The standard InChI is InChI=1S/C15H26N2O/c1-12(2)10-17(4)11-14(16-3)13-8-6-7-9-15(13)18-5/h6-9,12,14,16H,10-11H2,1-5H3. The molecule has 3 nitrogen and oxygen atoms in total. The number of benzene rings is 1. The lowest BCUT2D eigenvalue weighted by atomic mass is 10.0. The van der Waals surface area contributed by atoms with Crippen LogP contribution in [-0.4, -0.2) is 39.2 Å². The van der Waals surface area contributed by atoms with Crippen LogP contribution in [0.2, 0.25) is 0 Å². The van der Waals surface area contributed by atoms with E-state index in [2.05, 4.69) is 43.2 Å². The molecule has 0 aliphatic rings. The number of ether oxygens (including phenoxy) is 1. The van der Waals surface area contributed by atoms with E-state index in [-0.39, 0.29) is 0 Å². The Kier molecular flexibility index (Phi) is 6.16. The SMILES string of the molecule is CNC(CN(C)CC(C)C)c1ccccc1OC. The van der Waals surface area contributed by atoms with Gasteiger partial charge in [-0.25, -0.2) is 0 Å². The number of nitrogens with one attached hydrogen (secondary N) is 1. The normalized spacial score (nSPS) is 13.1. The molecule has 1 unspecified atom stereocenters. The molecule has 1 aromatic carbocycles. The van der Waals surface area contributed by atoms with Gasteiger partial charge in [0.2, 0.25) is 0 Å². The average molecular weight is 250 g/mol. The van der Waals surface area contributed by atoms with E-state index >= 15 is 0 Å². The third-order valence-electron chi connectivity index (χ3n) is 3.03. The lowest BCUT2D eigenvalue weighted by Crippen LogP contribution is -2.33. The molecule has 0 heterocycles. The van der Waals surface area contributed by atoms with Crippen LogP contribution in [0.4, 0.5) is 0 Å². The van der Waals surface area contributed by atoms with Gasteiger partial charge in [0.1, 0.15) is 5.75 Å². The maximum Gasteiger partial charge on any atom is 0.123 e. The van der Waals surface area contributed by atoms with Crippen LogP contribution in [-0.2, 0) is 0 Å². The first kappa shape index (κ1) is 15.0. The topological polar surface area (TPSA) is 24.5 Å². The minimum atomic E-state index is 0.296. The number of para-hydroxylation sites is 1. The Morgan fingerprint density at radius 2 is 1.89 bits per heavy atom. The van der Waals surface area contributed by atoms with Crippen molar-refractivity contribution in [3.8, 4) is 5.75 Å². The fourth-order valence-electron chi connectivity index (χ4n) is 2.31. The Hall–Kier alpha value is -1.06. The third kappa shape index (κ3) is 4.31. The monoisotopic (exact) mass is 250 g/mol. The molecule has 0 aliphatic carbocycles. The largest absolute Gasteiger partial charge is 0.496 e. The molecule has 0 bridgehead atoms. The molecule has 1 rings (SSSR count). The van der Waals surface area contributed by atoms with Gasteiger partial charge in [0.05, 0.1) is 7.11 Å². The van der Waals surface area contributed by atoms with Crippen molar-refractivity contribution in [2.45, 2.75) is 19.9 Å². The summed E-state index contributed by atoms with van der Waals surface area (Å²) in [4.78, 5) is 2.36. The second-order valence-corrected chi connectivity index (χ2v) is 5.20. The first-order chi connectivity index (χ1) is 8.58. The fourth-order valence-corrected chi connectivity index (χ4v) is 2.31. The van der Waals surface area contributed by atoms with Gasteiger partial charge in [-0.2, -0.15) is 0 Å². The molecule has 0 aromatic heterocycles. The van der Waals surface area contributed by atoms with E-state index in [9.17, 15) is 0 Å². The summed E-state index contributed by atoms with van der Waals surface area (Å²) in [6.45, 7) is 6.57. The van der Waals surface area contributed by atoms with Crippen molar-refractivity contribution < 1.29 is 4.74 Å².